The number of hydrogen-bond donors (Lipinski definition) is 1. The van der Waals surface area contributed by atoms with E-state index in [1.165, 1.54) is 4.90 Å². The quantitative estimate of drug-likeness (QED) is 0.500. The first-order chi connectivity index (χ1) is 16.7. The Morgan fingerprint density at radius 2 is 1.74 bits per heavy atom. The van der Waals surface area contributed by atoms with E-state index in [1.54, 1.807) is 23.8 Å². The first-order valence-corrected chi connectivity index (χ1v) is 12.6. The molecule has 1 unspecified atom stereocenters. The minimum Gasteiger partial charge on any atom is -0.394 e. The van der Waals surface area contributed by atoms with Gasteiger partial charge in [-0.15, -0.1) is 0 Å². The van der Waals surface area contributed by atoms with Gasteiger partial charge in [0.2, 0.25) is 17.7 Å². The number of aliphatic hydroxyl groups excluding tert-OH is 1. The summed E-state index contributed by atoms with van der Waals surface area (Å²) in [4.78, 5) is 48.7. The zero-order valence-corrected chi connectivity index (χ0v) is 20.8. The van der Waals surface area contributed by atoms with E-state index in [0.29, 0.717) is 39.4 Å². The summed E-state index contributed by atoms with van der Waals surface area (Å²) in [7, 11) is 1.72. The van der Waals surface area contributed by atoms with Crippen LogP contribution in [0.4, 0.5) is 0 Å². The number of aliphatic hydroxyl groups is 1. The Hall–Kier alpha value is -2.27. The summed E-state index contributed by atoms with van der Waals surface area (Å²) in [5.74, 6) is -2.28. The van der Waals surface area contributed by atoms with Crippen LogP contribution in [-0.2, 0) is 23.9 Å². The van der Waals surface area contributed by atoms with Gasteiger partial charge in [-0.25, -0.2) is 0 Å². The first-order valence-electron chi connectivity index (χ1n) is 12.6. The van der Waals surface area contributed by atoms with E-state index < -0.39 is 35.1 Å². The molecule has 5 aliphatic heterocycles. The van der Waals surface area contributed by atoms with Crippen molar-refractivity contribution in [1.29, 1.82) is 0 Å². The highest BCUT2D eigenvalue weighted by molar-refractivity contribution is 6.00. The SMILES string of the molecule is C[C@H](CO)N1C(=O)[C@@H]2[C@H]3C(=O)N(C)CC=C[C@@]3(C)O[C@@]23C=CCN(CCN2CCOCC2)C(=O)C13. The molecule has 3 fully saturated rings. The highest BCUT2D eigenvalue weighted by atomic mass is 16.5. The van der Waals surface area contributed by atoms with Crippen LogP contribution < -0.4 is 0 Å². The van der Waals surface area contributed by atoms with Crippen molar-refractivity contribution in [2.75, 3.05) is 66.1 Å². The molecule has 0 aliphatic carbocycles. The molecule has 0 bridgehead atoms. The summed E-state index contributed by atoms with van der Waals surface area (Å²) in [6.07, 6.45) is 7.50. The molecule has 10 nitrogen and oxygen atoms in total. The Labute approximate surface area is 206 Å². The molecule has 0 aromatic heterocycles. The number of carbonyl (C=O) groups excluding carboxylic acids is 3. The van der Waals surface area contributed by atoms with Gasteiger partial charge in [0.1, 0.15) is 11.6 Å². The predicted octanol–water partition coefficient (Wildman–Crippen LogP) is -0.903. The number of carbonyl (C=O) groups is 3. The van der Waals surface area contributed by atoms with Crippen LogP contribution in [0, 0.1) is 11.8 Å². The lowest BCUT2D eigenvalue weighted by atomic mass is 9.74. The molecule has 5 heterocycles. The minimum absolute atomic E-state index is 0.167. The molecule has 1 N–H and O–H groups in total. The van der Waals surface area contributed by atoms with E-state index in [0.717, 1.165) is 13.1 Å². The number of ether oxygens (including phenoxy) is 2. The third-order valence-electron chi connectivity index (χ3n) is 8.31. The van der Waals surface area contributed by atoms with Crippen molar-refractivity contribution < 1.29 is 29.0 Å². The van der Waals surface area contributed by atoms with Crippen LogP contribution in [0.15, 0.2) is 24.3 Å². The standard InChI is InChI=1S/C25H36N4O6/c1-17(16-30)29-20-23(33)28(11-10-27-12-14-34-15-13-27)9-5-7-25(20)19(22(29)32)18-21(31)26(3)8-4-6-24(18,2)35-25/h4-7,17-20,30H,8-16H2,1-3H3/t17-,18+,19+,20?,24-,25+/m1/s1. The Morgan fingerprint density at radius 3 is 2.46 bits per heavy atom. The van der Waals surface area contributed by atoms with Crippen LogP contribution in [0.2, 0.25) is 0 Å². The Bertz CT molecular complexity index is 948. The van der Waals surface area contributed by atoms with Crippen molar-refractivity contribution in [2.24, 2.45) is 11.8 Å². The molecular weight excluding hydrogens is 452 g/mol. The van der Waals surface area contributed by atoms with Crippen LogP contribution >= 0.6 is 0 Å². The number of amides is 3. The molecule has 0 saturated carbocycles. The van der Waals surface area contributed by atoms with Gasteiger partial charge in [0.15, 0.2) is 0 Å². The average molecular weight is 489 g/mol. The van der Waals surface area contributed by atoms with Gasteiger partial charge in [0.25, 0.3) is 0 Å². The molecule has 192 valence electrons. The van der Waals surface area contributed by atoms with Gasteiger partial charge in [0, 0.05) is 46.3 Å². The van der Waals surface area contributed by atoms with E-state index >= 15 is 0 Å². The number of hydrogen-bond acceptors (Lipinski definition) is 7. The number of fused-ring (bicyclic) bond motifs is 2. The van der Waals surface area contributed by atoms with E-state index in [-0.39, 0.29) is 24.3 Å². The van der Waals surface area contributed by atoms with Crippen molar-refractivity contribution in [3.8, 4) is 0 Å². The summed E-state index contributed by atoms with van der Waals surface area (Å²) < 4.78 is 12.1. The summed E-state index contributed by atoms with van der Waals surface area (Å²) in [5, 5.41) is 10.00. The minimum atomic E-state index is -1.27. The maximum atomic E-state index is 14.1. The topological polar surface area (TPSA) is 103 Å². The van der Waals surface area contributed by atoms with Crippen LogP contribution in [0.3, 0.4) is 0 Å². The third-order valence-corrected chi connectivity index (χ3v) is 8.31. The highest BCUT2D eigenvalue weighted by Crippen LogP contribution is 2.57. The zero-order valence-electron chi connectivity index (χ0n) is 20.8. The second kappa shape index (κ2) is 8.99. The lowest BCUT2D eigenvalue weighted by molar-refractivity contribution is -0.155. The Morgan fingerprint density at radius 1 is 1.03 bits per heavy atom. The first kappa shape index (κ1) is 24.4. The smallest absolute Gasteiger partial charge is 0.249 e. The van der Waals surface area contributed by atoms with Crippen LogP contribution in [0.1, 0.15) is 13.8 Å². The van der Waals surface area contributed by atoms with Crippen molar-refractivity contribution >= 4 is 17.7 Å². The molecular formula is C25H36N4O6. The van der Waals surface area contributed by atoms with Crippen molar-refractivity contribution in [1.82, 2.24) is 19.6 Å². The summed E-state index contributed by atoms with van der Waals surface area (Å²) in [6, 6.07) is -1.53. The van der Waals surface area contributed by atoms with Gasteiger partial charge in [-0.2, -0.15) is 0 Å². The Balaban J connectivity index is 1.52. The highest BCUT2D eigenvalue weighted by Gasteiger charge is 2.75. The van der Waals surface area contributed by atoms with E-state index in [2.05, 4.69) is 4.90 Å². The molecule has 0 radical (unpaired) electrons. The molecule has 10 heteroatoms. The fourth-order valence-corrected chi connectivity index (χ4v) is 6.48. The van der Waals surface area contributed by atoms with E-state index in [4.69, 9.17) is 9.47 Å². The molecule has 1 spiro atoms. The van der Waals surface area contributed by atoms with Crippen LogP contribution in [0.25, 0.3) is 0 Å². The molecule has 0 aromatic carbocycles. The second-order valence-electron chi connectivity index (χ2n) is 10.5. The normalized spacial score (nSPS) is 38.3. The lowest BCUT2D eigenvalue weighted by Gasteiger charge is -2.39. The monoisotopic (exact) mass is 488 g/mol. The Kier molecular flexibility index (Phi) is 6.27. The number of nitrogens with zero attached hydrogens (tertiary/aromatic N) is 4. The molecule has 3 saturated heterocycles. The fraction of sp³-hybridized carbons (Fsp3) is 0.720. The van der Waals surface area contributed by atoms with Crippen LogP contribution in [-0.4, -0.2) is 132 Å². The van der Waals surface area contributed by atoms with E-state index in [1.807, 2.05) is 31.2 Å². The van der Waals surface area contributed by atoms with Gasteiger partial charge in [-0.3, -0.25) is 19.3 Å². The second-order valence-corrected chi connectivity index (χ2v) is 10.5. The summed E-state index contributed by atoms with van der Waals surface area (Å²) in [5.41, 5.74) is -2.29. The van der Waals surface area contributed by atoms with Gasteiger partial charge < -0.3 is 29.3 Å². The van der Waals surface area contributed by atoms with Crippen molar-refractivity contribution in [2.45, 2.75) is 37.1 Å². The number of rotatable bonds is 5. The number of likely N-dealkylation sites (tertiary alicyclic amines) is 1. The zero-order chi connectivity index (χ0) is 25.0. The van der Waals surface area contributed by atoms with Gasteiger partial charge in [-0.05, 0) is 13.8 Å². The van der Waals surface area contributed by atoms with Crippen molar-refractivity contribution in [3.05, 3.63) is 24.3 Å². The van der Waals surface area contributed by atoms with Crippen molar-refractivity contribution in [3.63, 3.8) is 0 Å². The molecule has 6 atom stereocenters. The summed E-state index contributed by atoms with van der Waals surface area (Å²) in [6.45, 7) is 8.35. The fourth-order valence-electron chi connectivity index (χ4n) is 6.48. The lowest BCUT2D eigenvalue weighted by Crippen LogP contribution is -2.58. The number of morpholine rings is 1. The third kappa shape index (κ3) is 3.73. The predicted molar refractivity (Wildman–Crippen MR) is 126 cm³/mol. The molecule has 5 aliphatic rings. The average Bonchev–Trinajstić information content (AvgIpc) is 3.14. The number of likely N-dealkylation sites (N-methyl/N-ethyl adjacent to an activating group) is 1. The molecule has 5 rings (SSSR count). The van der Waals surface area contributed by atoms with Gasteiger partial charge in [-0.1, -0.05) is 24.3 Å². The molecule has 0 aromatic rings. The van der Waals surface area contributed by atoms with Gasteiger partial charge >= 0.3 is 0 Å². The molecule has 3 amide bonds. The molecule has 35 heavy (non-hydrogen) atoms. The van der Waals surface area contributed by atoms with Crippen LogP contribution in [0.5, 0.6) is 0 Å². The maximum absolute atomic E-state index is 14.1. The summed E-state index contributed by atoms with van der Waals surface area (Å²) >= 11 is 0. The largest absolute Gasteiger partial charge is 0.394 e. The maximum Gasteiger partial charge on any atom is 0.249 e. The van der Waals surface area contributed by atoms with Gasteiger partial charge in [0.05, 0.1) is 43.3 Å². The van der Waals surface area contributed by atoms with E-state index in [9.17, 15) is 19.5 Å².